The van der Waals surface area contributed by atoms with Gasteiger partial charge < -0.3 is 15.4 Å². The lowest BCUT2D eigenvalue weighted by molar-refractivity contribution is -0.135. The number of nitrogens with two attached hydrogens (primary N) is 1. The molecule has 1 saturated heterocycles. The molecule has 0 aromatic carbocycles. The third-order valence-corrected chi connectivity index (χ3v) is 3.31. The maximum absolute atomic E-state index is 12.0. The fourth-order valence-electron chi connectivity index (χ4n) is 2.02. The Morgan fingerprint density at radius 1 is 1.43 bits per heavy atom. The van der Waals surface area contributed by atoms with Crippen LogP contribution in [0.15, 0.2) is 6.33 Å². The van der Waals surface area contributed by atoms with Gasteiger partial charge in [0.15, 0.2) is 5.82 Å². The molecule has 2 amide bonds. The lowest BCUT2D eigenvalue weighted by Crippen LogP contribution is -2.64. The molecule has 0 saturated carbocycles. The van der Waals surface area contributed by atoms with Crippen molar-refractivity contribution in [3.63, 3.8) is 0 Å². The molecule has 0 aliphatic carbocycles. The van der Waals surface area contributed by atoms with Gasteiger partial charge in [0.1, 0.15) is 17.6 Å². The van der Waals surface area contributed by atoms with Crippen LogP contribution in [0.3, 0.4) is 0 Å². The Morgan fingerprint density at radius 2 is 2.14 bits per heavy atom. The second kappa shape index (κ2) is 5.55. The number of nitrogens with zero attached hydrogens (tertiary/aromatic N) is 3. The van der Waals surface area contributed by atoms with E-state index in [2.05, 4.69) is 15.3 Å². The number of ether oxygens (including phenoxy) is 1. The van der Waals surface area contributed by atoms with Gasteiger partial charge in [-0.25, -0.2) is 4.98 Å². The van der Waals surface area contributed by atoms with Gasteiger partial charge in [0.2, 0.25) is 11.8 Å². The van der Waals surface area contributed by atoms with Crippen molar-refractivity contribution in [3.8, 4) is 5.88 Å². The molecule has 0 spiro atoms. The van der Waals surface area contributed by atoms with E-state index in [0.29, 0.717) is 12.4 Å². The average Bonchev–Trinajstić information content (AvgIpc) is 2.42. The van der Waals surface area contributed by atoms with E-state index < -0.39 is 17.4 Å². The number of aromatic nitrogens is 2. The Hall–Kier alpha value is -2.38. The first-order chi connectivity index (χ1) is 9.87. The number of hydrogen-bond donors (Lipinski definition) is 2. The van der Waals surface area contributed by atoms with Crippen molar-refractivity contribution in [3.05, 3.63) is 6.33 Å². The summed E-state index contributed by atoms with van der Waals surface area (Å²) in [6, 6.07) is 0. The van der Waals surface area contributed by atoms with Gasteiger partial charge >= 0.3 is 0 Å². The first kappa shape index (κ1) is 15.0. The summed E-state index contributed by atoms with van der Waals surface area (Å²) in [6.07, 6.45) is 2.12. The Balaban J connectivity index is 2.40. The summed E-state index contributed by atoms with van der Waals surface area (Å²) in [7, 11) is 0. The van der Waals surface area contributed by atoms with Gasteiger partial charge in [0.25, 0.3) is 5.91 Å². The first-order valence-electron chi connectivity index (χ1n) is 6.73. The van der Waals surface area contributed by atoms with E-state index in [0.717, 1.165) is 6.42 Å². The third-order valence-electron chi connectivity index (χ3n) is 3.31. The molecule has 8 heteroatoms. The van der Waals surface area contributed by atoms with Crippen LogP contribution in [0.5, 0.6) is 5.88 Å². The van der Waals surface area contributed by atoms with E-state index in [1.54, 1.807) is 18.7 Å². The van der Waals surface area contributed by atoms with Gasteiger partial charge in [-0.3, -0.25) is 14.9 Å². The highest BCUT2D eigenvalue weighted by Gasteiger charge is 2.42. The van der Waals surface area contributed by atoms with Crippen molar-refractivity contribution in [1.29, 1.82) is 0 Å². The van der Waals surface area contributed by atoms with Crippen molar-refractivity contribution in [2.75, 3.05) is 23.8 Å². The standard InChI is InChI=1S/C13H19N5O3/c1-4-5-21-11-9(14)10(15-7-16-11)18-6-8(19)17-12(20)13(18,2)3/h7H,4-6,14H2,1-3H3,(H,17,19,20). The summed E-state index contributed by atoms with van der Waals surface area (Å²) in [6.45, 7) is 5.83. The quantitative estimate of drug-likeness (QED) is 0.757. The fraction of sp³-hybridized carbons (Fsp3) is 0.538. The highest BCUT2D eigenvalue weighted by atomic mass is 16.5. The van der Waals surface area contributed by atoms with Crippen LogP contribution >= 0.6 is 0 Å². The molecule has 3 N–H and O–H groups in total. The molecule has 1 aromatic heterocycles. The second-order valence-electron chi connectivity index (χ2n) is 5.29. The van der Waals surface area contributed by atoms with Crippen LogP contribution in [0.2, 0.25) is 0 Å². The number of piperazine rings is 1. The van der Waals surface area contributed by atoms with Gasteiger partial charge in [-0.1, -0.05) is 6.92 Å². The number of carbonyl (C=O) groups is 2. The summed E-state index contributed by atoms with van der Waals surface area (Å²) in [4.78, 5) is 33.3. The number of nitrogen functional groups attached to an aromatic ring is 1. The van der Waals surface area contributed by atoms with Crippen LogP contribution in [0, 0.1) is 0 Å². The van der Waals surface area contributed by atoms with Gasteiger partial charge in [-0.15, -0.1) is 0 Å². The number of amides is 2. The van der Waals surface area contributed by atoms with E-state index in [1.165, 1.54) is 6.33 Å². The summed E-state index contributed by atoms with van der Waals surface area (Å²) in [5, 5.41) is 2.30. The largest absolute Gasteiger partial charge is 0.476 e. The van der Waals surface area contributed by atoms with Crippen molar-refractivity contribution in [2.45, 2.75) is 32.7 Å². The minimum atomic E-state index is -0.946. The Bertz CT molecular complexity index is 573. The third kappa shape index (κ3) is 2.74. The van der Waals surface area contributed by atoms with Crippen molar-refractivity contribution < 1.29 is 14.3 Å². The van der Waals surface area contributed by atoms with Gasteiger partial charge in [-0.05, 0) is 20.3 Å². The van der Waals surface area contributed by atoms with Crippen molar-refractivity contribution in [1.82, 2.24) is 15.3 Å². The van der Waals surface area contributed by atoms with E-state index in [1.807, 2.05) is 6.92 Å². The molecule has 0 radical (unpaired) electrons. The SMILES string of the molecule is CCCOc1ncnc(N2CC(=O)NC(=O)C2(C)C)c1N. The van der Waals surface area contributed by atoms with Crippen molar-refractivity contribution >= 4 is 23.3 Å². The molecule has 1 aliphatic heterocycles. The Kier molecular flexibility index (Phi) is 3.97. The van der Waals surface area contributed by atoms with Gasteiger partial charge in [0.05, 0.1) is 13.2 Å². The fourth-order valence-corrected chi connectivity index (χ4v) is 2.02. The molecule has 0 unspecified atom stereocenters. The number of imide groups is 1. The van der Waals surface area contributed by atoms with E-state index in [9.17, 15) is 9.59 Å². The molecule has 2 rings (SSSR count). The number of nitrogens with one attached hydrogen (secondary N) is 1. The topological polar surface area (TPSA) is 110 Å². The normalized spacial score (nSPS) is 17.6. The number of carbonyl (C=O) groups excluding carboxylic acids is 2. The maximum Gasteiger partial charge on any atom is 0.251 e. The van der Waals surface area contributed by atoms with Crippen LogP contribution in [0.4, 0.5) is 11.5 Å². The zero-order valence-corrected chi connectivity index (χ0v) is 12.3. The van der Waals surface area contributed by atoms with Gasteiger partial charge in [0, 0.05) is 0 Å². The highest BCUT2D eigenvalue weighted by molar-refractivity contribution is 6.07. The van der Waals surface area contributed by atoms with Gasteiger partial charge in [-0.2, -0.15) is 4.98 Å². The minimum Gasteiger partial charge on any atom is -0.476 e. The zero-order valence-electron chi connectivity index (χ0n) is 12.3. The molecular weight excluding hydrogens is 274 g/mol. The molecule has 0 bridgehead atoms. The van der Waals surface area contributed by atoms with Crippen LogP contribution in [0.25, 0.3) is 0 Å². The average molecular weight is 293 g/mol. The molecule has 2 heterocycles. The predicted octanol–water partition coefficient (Wildman–Crippen LogP) is 0.0890. The molecule has 1 aliphatic rings. The lowest BCUT2D eigenvalue weighted by Gasteiger charge is -2.41. The lowest BCUT2D eigenvalue weighted by atomic mass is 9.98. The number of rotatable bonds is 4. The van der Waals surface area contributed by atoms with E-state index in [-0.39, 0.29) is 18.1 Å². The van der Waals surface area contributed by atoms with Crippen LogP contribution in [0.1, 0.15) is 27.2 Å². The summed E-state index contributed by atoms with van der Waals surface area (Å²) < 4.78 is 5.45. The summed E-state index contributed by atoms with van der Waals surface area (Å²) in [5.41, 5.74) is 5.31. The first-order valence-corrected chi connectivity index (χ1v) is 6.73. The zero-order chi connectivity index (χ0) is 15.6. The smallest absolute Gasteiger partial charge is 0.251 e. The monoisotopic (exact) mass is 293 g/mol. The highest BCUT2D eigenvalue weighted by Crippen LogP contribution is 2.33. The molecule has 1 aromatic rings. The summed E-state index contributed by atoms with van der Waals surface area (Å²) >= 11 is 0. The Morgan fingerprint density at radius 3 is 2.81 bits per heavy atom. The number of anilines is 2. The second-order valence-corrected chi connectivity index (χ2v) is 5.29. The van der Waals surface area contributed by atoms with Crippen molar-refractivity contribution in [2.24, 2.45) is 0 Å². The van der Waals surface area contributed by atoms with E-state index in [4.69, 9.17) is 10.5 Å². The van der Waals surface area contributed by atoms with Crippen LogP contribution in [-0.2, 0) is 9.59 Å². The summed E-state index contributed by atoms with van der Waals surface area (Å²) in [5.74, 6) is -0.207. The molecule has 8 nitrogen and oxygen atoms in total. The predicted molar refractivity (Wildman–Crippen MR) is 76.8 cm³/mol. The molecule has 21 heavy (non-hydrogen) atoms. The molecule has 114 valence electrons. The molecule has 1 fully saturated rings. The molecular formula is C13H19N5O3. The Labute approximate surface area is 122 Å². The maximum atomic E-state index is 12.0. The van der Waals surface area contributed by atoms with Crippen LogP contribution in [-0.4, -0.2) is 40.5 Å². The van der Waals surface area contributed by atoms with E-state index >= 15 is 0 Å². The number of hydrogen-bond acceptors (Lipinski definition) is 7. The molecule has 0 atom stereocenters. The van der Waals surface area contributed by atoms with Crippen LogP contribution < -0.4 is 20.7 Å². The minimum absolute atomic E-state index is 0.00677.